The minimum absolute atomic E-state index is 0.700. The summed E-state index contributed by atoms with van der Waals surface area (Å²) in [4.78, 5) is 2.59. The normalized spacial score (nSPS) is 19.0. The molecule has 0 amide bonds. The smallest absolute Gasteiger partial charge is 0.0108 e. The van der Waals surface area contributed by atoms with E-state index in [0.29, 0.717) is 6.04 Å². The second-order valence-corrected chi connectivity index (χ2v) is 6.74. The van der Waals surface area contributed by atoms with E-state index in [0.717, 1.165) is 0 Å². The van der Waals surface area contributed by atoms with Crippen molar-refractivity contribution in [2.24, 2.45) is 0 Å². The van der Waals surface area contributed by atoms with E-state index >= 15 is 0 Å². The average Bonchev–Trinajstić information content (AvgIpc) is 2.40. The SMILES string of the molecule is CCCCCCCC(C)NCCN1CCSCC1. The minimum atomic E-state index is 0.700. The van der Waals surface area contributed by atoms with Crippen LogP contribution < -0.4 is 5.32 Å². The molecule has 0 spiro atoms. The number of rotatable bonds is 10. The summed E-state index contributed by atoms with van der Waals surface area (Å²) in [7, 11) is 0. The third-order valence-corrected chi connectivity index (χ3v) is 4.71. The lowest BCUT2D eigenvalue weighted by atomic mass is 10.1. The maximum atomic E-state index is 3.67. The first-order chi connectivity index (χ1) is 8.83. The Morgan fingerprint density at radius 1 is 1.11 bits per heavy atom. The molecule has 18 heavy (non-hydrogen) atoms. The third-order valence-electron chi connectivity index (χ3n) is 3.77. The first-order valence-electron chi connectivity index (χ1n) is 7.86. The zero-order chi connectivity index (χ0) is 13.1. The Morgan fingerprint density at radius 3 is 2.56 bits per heavy atom. The van der Waals surface area contributed by atoms with Crippen molar-refractivity contribution in [2.75, 3.05) is 37.7 Å². The lowest BCUT2D eigenvalue weighted by Gasteiger charge is -2.26. The van der Waals surface area contributed by atoms with E-state index in [1.54, 1.807) is 0 Å². The van der Waals surface area contributed by atoms with Gasteiger partial charge in [0.15, 0.2) is 0 Å². The molecule has 0 saturated carbocycles. The summed E-state index contributed by atoms with van der Waals surface area (Å²) in [6.45, 7) is 9.60. The summed E-state index contributed by atoms with van der Waals surface area (Å²) in [5.41, 5.74) is 0. The zero-order valence-corrected chi connectivity index (χ0v) is 13.2. The van der Waals surface area contributed by atoms with E-state index in [1.807, 2.05) is 0 Å². The van der Waals surface area contributed by atoms with Gasteiger partial charge in [0.1, 0.15) is 0 Å². The summed E-state index contributed by atoms with van der Waals surface area (Å²) in [6.07, 6.45) is 8.35. The van der Waals surface area contributed by atoms with Gasteiger partial charge >= 0.3 is 0 Å². The van der Waals surface area contributed by atoms with E-state index in [2.05, 4.69) is 35.8 Å². The molecule has 2 nitrogen and oxygen atoms in total. The molecule has 0 aromatic heterocycles. The molecule has 1 aliphatic heterocycles. The van der Waals surface area contributed by atoms with Crippen LogP contribution in [-0.2, 0) is 0 Å². The van der Waals surface area contributed by atoms with E-state index in [9.17, 15) is 0 Å². The van der Waals surface area contributed by atoms with Crippen molar-refractivity contribution >= 4 is 11.8 Å². The molecule has 108 valence electrons. The zero-order valence-electron chi connectivity index (χ0n) is 12.4. The van der Waals surface area contributed by atoms with Crippen molar-refractivity contribution in [1.82, 2.24) is 10.2 Å². The molecule has 1 unspecified atom stereocenters. The van der Waals surface area contributed by atoms with Crippen LogP contribution in [0.5, 0.6) is 0 Å². The van der Waals surface area contributed by atoms with Crippen molar-refractivity contribution in [1.29, 1.82) is 0 Å². The molecular weight excluding hydrogens is 240 g/mol. The predicted octanol–water partition coefficient (Wildman–Crippen LogP) is 3.37. The highest BCUT2D eigenvalue weighted by atomic mass is 32.2. The molecule has 0 aromatic rings. The molecule has 1 rings (SSSR count). The van der Waals surface area contributed by atoms with E-state index in [1.165, 1.54) is 76.2 Å². The van der Waals surface area contributed by atoms with Gasteiger partial charge in [-0.25, -0.2) is 0 Å². The van der Waals surface area contributed by atoms with Gasteiger partial charge < -0.3 is 10.2 Å². The molecule has 1 saturated heterocycles. The molecule has 3 heteroatoms. The second-order valence-electron chi connectivity index (χ2n) is 5.51. The fourth-order valence-corrected chi connectivity index (χ4v) is 3.43. The summed E-state index contributed by atoms with van der Waals surface area (Å²) >= 11 is 2.09. The van der Waals surface area contributed by atoms with Crippen LogP contribution in [0.15, 0.2) is 0 Å². The van der Waals surface area contributed by atoms with Gasteiger partial charge in [-0.1, -0.05) is 39.0 Å². The van der Waals surface area contributed by atoms with Crippen LogP contribution in [-0.4, -0.2) is 48.6 Å². The van der Waals surface area contributed by atoms with Gasteiger partial charge in [-0.05, 0) is 13.3 Å². The lowest BCUT2D eigenvalue weighted by molar-refractivity contribution is 0.294. The first-order valence-corrected chi connectivity index (χ1v) is 9.02. The third kappa shape index (κ3) is 8.39. The Balaban J connectivity index is 1.88. The van der Waals surface area contributed by atoms with Crippen LogP contribution in [0.25, 0.3) is 0 Å². The van der Waals surface area contributed by atoms with Crippen molar-refractivity contribution in [3.8, 4) is 0 Å². The van der Waals surface area contributed by atoms with Gasteiger partial charge in [0.2, 0.25) is 0 Å². The number of hydrogen-bond acceptors (Lipinski definition) is 3. The minimum Gasteiger partial charge on any atom is -0.313 e. The molecule has 0 bridgehead atoms. The van der Waals surface area contributed by atoms with E-state index < -0.39 is 0 Å². The van der Waals surface area contributed by atoms with Crippen LogP contribution in [0.1, 0.15) is 52.4 Å². The van der Waals surface area contributed by atoms with Crippen molar-refractivity contribution in [2.45, 2.75) is 58.4 Å². The summed E-state index contributed by atoms with van der Waals surface area (Å²) < 4.78 is 0. The number of unbranched alkanes of at least 4 members (excludes halogenated alkanes) is 4. The fourth-order valence-electron chi connectivity index (χ4n) is 2.45. The topological polar surface area (TPSA) is 15.3 Å². The molecule has 1 atom stereocenters. The van der Waals surface area contributed by atoms with Crippen LogP contribution in [0.3, 0.4) is 0 Å². The van der Waals surface area contributed by atoms with Crippen LogP contribution in [0.2, 0.25) is 0 Å². The highest BCUT2D eigenvalue weighted by molar-refractivity contribution is 7.99. The number of nitrogens with zero attached hydrogens (tertiary/aromatic N) is 1. The standard InChI is InChI=1S/C15H32N2S/c1-3-4-5-6-7-8-15(2)16-9-10-17-11-13-18-14-12-17/h15-16H,3-14H2,1-2H3. The highest BCUT2D eigenvalue weighted by Crippen LogP contribution is 2.09. The summed E-state index contributed by atoms with van der Waals surface area (Å²) in [6, 6.07) is 0.700. The van der Waals surface area contributed by atoms with Crippen molar-refractivity contribution in [3.05, 3.63) is 0 Å². The Hall–Kier alpha value is 0.270. The molecule has 0 aliphatic carbocycles. The van der Waals surface area contributed by atoms with Gasteiger partial charge in [0, 0.05) is 43.7 Å². The van der Waals surface area contributed by atoms with Gasteiger partial charge in [0.25, 0.3) is 0 Å². The van der Waals surface area contributed by atoms with Crippen LogP contribution >= 0.6 is 11.8 Å². The Labute approximate surface area is 118 Å². The molecule has 1 N–H and O–H groups in total. The molecule has 0 aromatic carbocycles. The maximum absolute atomic E-state index is 3.67. The number of nitrogens with one attached hydrogen (secondary N) is 1. The molecule has 0 radical (unpaired) electrons. The molecule has 1 heterocycles. The summed E-state index contributed by atoms with van der Waals surface area (Å²) in [5.74, 6) is 2.65. The molecule has 1 fully saturated rings. The lowest BCUT2D eigenvalue weighted by Crippen LogP contribution is -2.39. The summed E-state index contributed by atoms with van der Waals surface area (Å²) in [5, 5.41) is 3.67. The fraction of sp³-hybridized carbons (Fsp3) is 1.00. The Kier molecular flexibility index (Phi) is 10.1. The predicted molar refractivity (Wildman–Crippen MR) is 84.6 cm³/mol. The Morgan fingerprint density at radius 2 is 1.83 bits per heavy atom. The van der Waals surface area contributed by atoms with E-state index in [4.69, 9.17) is 0 Å². The molecular formula is C15H32N2S. The van der Waals surface area contributed by atoms with Gasteiger partial charge in [-0.2, -0.15) is 11.8 Å². The monoisotopic (exact) mass is 272 g/mol. The van der Waals surface area contributed by atoms with Crippen LogP contribution in [0.4, 0.5) is 0 Å². The van der Waals surface area contributed by atoms with Crippen molar-refractivity contribution < 1.29 is 0 Å². The second kappa shape index (κ2) is 11.1. The average molecular weight is 273 g/mol. The van der Waals surface area contributed by atoms with Gasteiger partial charge in [0.05, 0.1) is 0 Å². The molecule has 1 aliphatic rings. The quantitative estimate of drug-likeness (QED) is 0.614. The number of hydrogen-bond donors (Lipinski definition) is 1. The first kappa shape index (κ1) is 16.3. The Bertz CT molecular complexity index is 181. The van der Waals surface area contributed by atoms with E-state index in [-0.39, 0.29) is 0 Å². The van der Waals surface area contributed by atoms with Gasteiger partial charge in [-0.15, -0.1) is 0 Å². The van der Waals surface area contributed by atoms with Crippen LogP contribution in [0, 0.1) is 0 Å². The number of thioether (sulfide) groups is 1. The van der Waals surface area contributed by atoms with Gasteiger partial charge in [-0.3, -0.25) is 0 Å². The van der Waals surface area contributed by atoms with Crippen molar-refractivity contribution in [3.63, 3.8) is 0 Å². The maximum Gasteiger partial charge on any atom is 0.0108 e. The largest absolute Gasteiger partial charge is 0.313 e. The highest BCUT2D eigenvalue weighted by Gasteiger charge is 2.09.